The van der Waals surface area contributed by atoms with E-state index in [1.165, 1.54) is 0 Å². The quantitative estimate of drug-likeness (QED) is 0.290. The minimum Gasteiger partial charge on any atom is -0.444 e. The average Bonchev–Trinajstić information content (AvgIpc) is 3.26. The fourth-order valence-electron chi connectivity index (χ4n) is 4.89. The van der Waals surface area contributed by atoms with Crippen molar-refractivity contribution in [3.63, 3.8) is 0 Å². The van der Waals surface area contributed by atoms with Crippen molar-refractivity contribution in [2.24, 2.45) is 0 Å². The summed E-state index contributed by atoms with van der Waals surface area (Å²) in [5, 5.41) is 10.6. The highest BCUT2D eigenvalue weighted by molar-refractivity contribution is 5.68. The monoisotopic (exact) mass is 541 g/mol. The molecule has 0 spiro atoms. The van der Waals surface area contributed by atoms with Crippen LogP contribution in [-0.2, 0) is 32.2 Å². The molecule has 0 aliphatic heterocycles. The molecule has 1 aliphatic carbocycles. The summed E-state index contributed by atoms with van der Waals surface area (Å²) >= 11 is 0. The maximum Gasteiger partial charge on any atom is 0.410 e. The summed E-state index contributed by atoms with van der Waals surface area (Å²) in [5.74, 6) is 0. The highest BCUT2D eigenvalue weighted by Crippen LogP contribution is 2.34. The zero-order valence-electron chi connectivity index (χ0n) is 24.3. The Hall–Kier alpha value is -2.45. The van der Waals surface area contributed by atoms with Crippen LogP contribution in [0.5, 0.6) is 0 Å². The number of unbranched alkanes of at least 4 members (excludes halogenated alkanes) is 2. The van der Waals surface area contributed by atoms with E-state index < -0.39 is 29.9 Å². The number of likely N-dealkylation sites (N-methyl/N-ethyl adjacent to an activating group) is 1. The minimum atomic E-state index is -0.640. The molecule has 3 rings (SSSR count). The molecule has 7 nitrogen and oxygen atoms in total. The Balaban J connectivity index is 1.81. The number of benzene rings is 2. The van der Waals surface area contributed by atoms with Crippen LogP contribution in [0.4, 0.5) is 4.79 Å². The van der Waals surface area contributed by atoms with Crippen molar-refractivity contribution >= 4 is 6.09 Å². The molecule has 0 saturated heterocycles. The summed E-state index contributed by atoms with van der Waals surface area (Å²) in [6, 6.07) is 19.5. The second-order valence-electron chi connectivity index (χ2n) is 11.4. The zero-order valence-corrected chi connectivity index (χ0v) is 24.3. The molecule has 0 radical (unpaired) electrons. The van der Waals surface area contributed by atoms with E-state index >= 15 is 0 Å². The van der Waals surface area contributed by atoms with Crippen molar-refractivity contribution in [1.29, 1.82) is 0 Å². The molecule has 1 aliphatic rings. The van der Waals surface area contributed by atoms with Crippen LogP contribution in [0, 0.1) is 0 Å². The van der Waals surface area contributed by atoms with Gasteiger partial charge >= 0.3 is 6.09 Å². The number of rotatable bonds is 14. The Morgan fingerprint density at radius 2 is 1.49 bits per heavy atom. The molecule has 1 fully saturated rings. The molecule has 1 amide bonds. The van der Waals surface area contributed by atoms with Crippen molar-refractivity contribution < 1.29 is 28.8 Å². The summed E-state index contributed by atoms with van der Waals surface area (Å²) in [5.41, 5.74) is 1.47. The van der Waals surface area contributed by atoms with Crippen LogP contribution in [-0.4, -0.2) is 65.8 Å². The highest BCUT2D eigenvalue weighted by Gasteiger charge is 2.49. The molecular formula is C32H47NO6. The van der Waals surface area contributed by atoms with Crippen molar-refractivity contribution in [3.8, 4) is 0 Å². The van der Waals surface area contributed by atoms with Crippen LogP contribution < -0.4 is 0 Å². The molecule has 2 aromatic rings. The molecule has 1 unspecified atom stereocenters. The summed E-state index contributed by atoms with van der Waals surface area (Å²) in [4.78, 5) is 14.8. The van der Waals surface area contributed by atoms with E-state index in [9.17, 15) is 9.90 Å². The third-order valence-electron chi connectivity index (χ3n) is 6.91. The number of hydrogen-bond donors (Lipinski definition) is 1. The Morgan fingerprint density at radius 3 is 2.03 bits per heavy atom. The number of hydrogen-bond acceptors (Lipinski definition) is 6. The van der Waals surface area contributed by atoms with Gasteiger partial charge in [-0.25, -0.2) is 4.79 Å². The maximum absolute atomic E-state index is 13.2. The third kappa shape index (κ3) is 10.2. The molecular weight excluding hydrogens is 494 g/mol. The zero-order chi connectivity index (χ0) is 28.3. The molecule has 7 heteroatoms. The molecule has 39 heavy (non-hydrogen) atoms. The van der Waals surface area contributed by atoms with Gasteiger partial charge in [0.05, 0.1) is 44.2 Å². The molecule has 1 saturated carbocycles. The number of ether oxygens (including phenoxy) is 4. The molecule has 0 bridgehead atoms. The Morgan fingerprint density at radius 1 is 0.923 bits per heavy atom. The second-order valence-corrected chi connectivity index (χ2v) is 11.4. The highest BCUT2D eigenvalue weighted by atomic mass is 16.6. The molecule has 5 atom stereocenters. The first-order valence-electron chi connectivity index (χ1n) is 14.2. The SMILES string of the molecule is CCCCCC(O)CO[C@H]1[C@H](N(C)C(=O)OC(C)(C)C)[C@@H](OCc2ccccc2)C[C@H]1OCc1ccccc1. The first kappa shape index (κ1) is 31.1. The average molecular weight is 542 g/mol. The van der Waals surface area contributed by atoms with Gasteiger partial charge in [-0.15, -0.1) is 0 Å². The van der Waals surface area contributed by atoms with Gasteiger partial charge in [0.2, 0.25) is 0 Å². The summed E-state index contributed by atoms with van der Waals surface area (Å²) in [6.45, 7) is 8.68. The third-order valence-corrected chi connectivity index (χ3v) is 6.91. The largest absolute Gasteiger partial charge is 0.444 e. The Labute approximate surface area is 234 Å². The van der Waals surface area contributed by atoms with Crippen LogP contribution in [0.15, 0.2) is 60.7 Å². The van der Waals surface area contributed by atoms with Gasteiger partial charge in [-0.3, -0.25) is 0 Å². The maximum atomic E-state index is 13.2. The summed E-state index contributed by atoms with van der Waals surface area (Å²) in [7, 11) is 1.73. The van der Waals surface area contributed by atoms with Gasteiger partial charge in [-0.2, -0.15) is 0 Å². The van der Waals surface area contributed by atoms with E-state index in [-0.39, 0.29) is 18.8 Å². The molecule has 2 aromatic carbocycles. The second kappa shape index (κ2) is 15.4. The van der Waals surface area contributed by atoms with Crippen molar-refractivity contribution in [1.82, 2.24) is 4.90 Å². The lowest BCUT2D eigenvalue weighted by molar-refractivity contribution is -0.106. The lowest BCUT2D eigenvalue weighted by atomic mass is 10.1. The van der Waals surface area contributed by atoms with Gasteiger partial charge in [0, 0.05) is 13.5 Å². The van der Waals surface area contributed by atoms with E-state index in [2.05, 4.69) is 6.92 Å². The van der Waals surface area contributed by atoms with E-state index in [4.69, 9.17) is 18.9 Å². The van der Waals surface area contributed by atoms with Gasteiger partial charge < -0.3 is 29.0 Å². The number of aliphatic hydroxyl groups excluding tert-OH is 1. The van der Waals surface area contributed by atoms with Crippen molar-refractivity contribution in [2.75, 3.05) is 13.7 Å². The van der Waals surface area contributed by atoms with E-state index in [0.717, 1.165) is 30.4 Å². The van der Waals surface area contributed by atoms with Gasteiger partial charge in [0.25, 0.3) is 0 Å². The topological polar surface area (TPSA) is 77.5 Å². The first-order chi connectivity index (χ1) is 18.7. The van der Waals surface area contributed by atoms with E-state index in [0.29, 0.717) is 26.1 Å². The number of aliphatic hydroxyl groups is 1. The number of carbonyl (C=O) groups is 1. The smallest absolute Gasteiger partial charge is 0.410 e. The number of amides is 1. The van der Waals surface area contributed by atoms with Gasteiger partial charge in [-0.05, 0) is 38.3 Å². The number of carbonyl (C=O) groups excluding carboxylic acids is 1. The lowest BCUT2D eigenvalue weighted by Gasteiger charge is -2.35. The van der Waals surface area contributed by atoms with Crippen LogP contribution in [0.2, 0.25) is 0 Å². The van der Waals surface area contributed by atoms with Crippen LogP contribution in [0.25, 0.3) is 0 Å². The standard InChI is InChI=1S/C32H47NO6/c1-6-7-10-19-26(34)23-38-30-28(37-22-25-17-13-9-14-18-25)20-27(36-21-24-15-11-8-12-16-24)29(30)33(5)31(35)39-32(2,3)4/h8-9,11-18,26-30,34H,6-7,10,19-23H2,1-5H3/t26?,27-,28+,29+,30+/m0/s1. The fourth-order valence-corrected chi connectivity index (χ4v) is 4.89. The van der Waals surface area contributed by atoms with Crippen molar-refractivity contribution in [2.45, 2.75) is 109 Å². The molecule has 0 aromatic heterocycles. The van der Waals surface area contributed by atoms with E-state index in [1.54, 1.807) is 11.9 Å². The van der Waals surface area contributed by atoms with Crippen LogP contribution >= 0.6 is 0 Å². The predicted octanol–water partition coefficient (Wildman–Crippen LogP) is 6.12. The van der Waals surface area contributed by atoms with E-state index in [1.807, 2.05) is 81.4 Å². The lowest BCUT2D eigenvalue weighted by Crippen LogP contribution is -2.52. The fraction of sp³-hybridized carbons (Fsp3) is 0.594. The Bertz CT molecular complexity index is 964. The minimum absolute atomic E-state index is 0.170. The van der Waals surface area contributed by atoms with Gasteiger partial charge in [0.15, 0.2) is 0 Å². The van der Waals surface area contributed by atoms with Gasteiger partial charge in [0.1, 0.15) is 11.7 Å². The Kier molecular flexibility index (Phi) is 12.2. The summed E-state index contributed by atoms with van der Waals surface area (Å²) in [6.07, 6.45) is 2.15. The molecule has 0 heterocycles. The molecule has 1 N–H and O–H groups in total. The van der Waals surface area contributed by atoms with Crippen LogP contribution in [0.1, 0.15) is 70.9 Å². The molecule has 216 valence electrons. The van der Waals surface area contributed by atoms with Gasteiger partial charge in [-0.1, -0.05) is 86.8 Å². The summed E-state index contributed by atoms with van der Waals surface area (Å²) < 4.78 is 24.9. The number of nitrogens with zero attached hydrogens (tertiary/aromatic N) is 1. The predicted molar refractivity (Wildman–Crippen MR) is 152 cm³/mol. The van der Waals surface area contributed by atoms with Crippen LogP contribution in [0.3, 0.4) is 0 Å². The first-order valence-corrected chi connectivity index (χ1v) is 14.2. The van der Waals surface area contributed by atoms with Crippen molar-refractivity contribution in [3.05, 3.63) is 71.8 Å². The normalized spacial score (nSPS) is 22.0.